The lowest BCUT2D eigenvalue weighted by Crippen LogP contribution is -2.24. The van der Waals surface area contributed by atoms with E-state index in [4.69, 9.17) is 16.9 Å². The van der Waals surface area contributed by atoms with Gasteiger partial charge >= 0.3 is 0 Å². The van der Waals surface area contributed by atoms with Crippen molar-refractivity contribution in [2.24, 2.45) is 0 Å². The minimum atomic E-state index is -4.09. The summed E-state index contributed by atoms with van der Waals surface area (Å²) in [4.78, 5) is 9.30. The van der Waals surface area contributed by atoms with Gasteiger partial charge in [0.1, 0.15) is 0 Å². The molecule has 0 saturated heterocycles. The number of nitrogens with zero attached hydrogens (tertiary/aromatic N) is 2. The van der Waals surface area contributed by atoms with Gasteiger partial charge in [-0.3, -0.25) is 10.1 Å². The van der Waals surface area contributed by atoms with Crippen LogP contribution >= 0.6 is 11.6 Å². The predicted molar refractivity (Wildman–Crippen MR) is 58.9 cm³/mol. The highest BCUT2D eigenvalue weighted by Gasteiger charge is 2.25. The second-order valence-corrected chi connectivity index (χ2v) is 5.02. The van der Waals surface area contributed by atoms with Crippen molar-refractivity contribution in [1.82, 2.24) is 4.72 Å². The molecule has 1 N–H and O–H groups in total. The molecule has 9 heteroatoms. The standard InChI is InChI=1S/C8H6ClN3O4S/c9-6-1-2-8(7(5-6)12(13)14)17(15,16)11-4-3-10/h1-2,5,11H,4H2. The Kier molecular flexibility index (Phi) is 4.01. The monoisotopic (exact) mass is 275 g/mol. The highest BCUT2D eigenvalue weighted by Crippen LogP contribution is 2.26. The van der Waals surface area contributed by atoms with E-state index in [0.29, 0.717) is 0 Å². The van der Waals surface area contributed by atoms with Gasteiger partial charge in [0.25, 0.3) is 5.69 Å². The molecule has 0 unspecified atom stereocenters. The summed E-state index contributed by atoms with van der Waals surface area (Å²) in [7, 11) is -4.09. The third-order valence-electron chi connectivity index (χ3n) is 1.75. The number of rotatable bonds is 4. The molecular weight excluding hydrogens is 270 g/mol. The van der Waals surface area contributed by atoms with E-state index in [-0.39, 0.29) is 5.02 Å². The summed E-state index contributed by atoms with van der Waals surface area (Å²) in [5, 5.41) is 19.0. The molecule has 0 fully saturated rings. The Labute approximate surface area is 102 Å². The van der Waals surface area contributed by atoms with Crippen LogP contribution < -0.4 is 4.72 Å². The van der Waals surface area contributed by atoms with Gasteiger partial charge in [-0.1, -0.05) is 11.6 Å². The molecule has 0 aliphatic carbocycles. The second-order valence-electron chi connectivity index (χ2n) is 2.85. The topological polar surface area (TPSA) is 113 Å². The number of halogens is 1. The maximum atomic E-state index is 11.6. The SMILES string of the molecule is N#CCNS(=O)(=O)c1ccc(Cl)cc1[N+](=O)[O-]. The van der Waals surface area contributed by atoms with E-state index < -0.39 is 32.1 Å². The predicted octanol–water partition coefficient (Wildman–Crippen LogP) is 1.05. The Bertz CT molecular complexity index is 593. The molecule has 90 valence electrons. The molecule has 0 heterocycles. The molecule has 17 heavy (non-hydrogen) atoms. The first-order chi connectivity index (χ1) is 7.88. The molecule has 0 bridgehead atoms. The van der Waals surface area contributed by atoms with Crippen LogP contribution in [-0.4, -0.2) is 19.9 Å². The average Bonchev–Trinajstić information content (AvgIpc) is 2.26. The minimum absolute atomic E-state index is 0.0518. The Morgan fingerprint density at radius 3 is 2.71 bits per heavy atom. The number of nitro benzene ring substituents is 1. The average molecular weight is 276 g/mol. The number of hydrogen-bond donors (Lipinski definition) is 1. The Balaban J connectivity index is 3.32. The normalized spacial score (nSPS) is 10.8. The Hall–Kier alpha value is -1.69. The van der Waals surface area contributed by atoms with Crippen LogP contribution in [0.3, 0.4) is 0 Å². The maximum absolute atomic E-state index is 11.6. The summed E-state index contributed by atoms with van der Waals surface area (Å²) < 4.78 is 25.1. The number of sulfonamides is 1. The molecule has 0 aliphatic rings. The van der Waals surface area contributed by atoms with E-state index in [1.807, 2.05) is 4.72 Å². The van der Waals surface area contributed by atoms with Crippen molar-refractivity contribution in [1.29, 1.82) is 5.26 Å². The van der Waals surface area contributed by atoms with Gasteiger partial charge in [-0.25, -0.2) is 8.42 Å². The van der Waals surface area contributed by atoms with Crippen molar-refractivity contribution in [3.05, 3.63) is 33.3 Å². The maximum Gasteiger partial charge on any atom is 0.290 e. The van der Waals surface area contributed by atoms with Crippen molar-refractivity contribution >= 4 is 27.3 Å². The molecule has 0 spiro atoms. The van der Waals surface area contributed by atoms with Gasteiger partial charge in [-0.05, 0) is 12.1 Å². The van der Waals surface area contributed by atoms with Crippen LogP contribution in [0.2, 0.25) is 5.02 Å². The largest absolute Gasteiger partial charge is 0.290 e. The van der Waals surface area contributed by atoms with Crippen LogP contribution in [0.4, 0.5) is 5.69 Å². The van der Waals surface area contributed by atoms with Gasteiger partial charge in [-0.15, -0.1) is 0 Å². The number of nitriles is 1. The Morgan fingerprint density at radius 1 is 1.53 bits per heavy atom. The molecule has 1 aromatic carbocycles. The molecule has 0 radical (unpaired) electrons. The van der Waals surface area contributed by atoms with Gasteiger partial charge in [0, 0.05) is 11.1 Å². The summed E-state index contributed by atoms with van der Waals surface area (Å²) in [5.74, 6) is 0. The molecule has 0 aromatic heterocycles. The van der Waals surface area contributed by atoms with E-state index in [1.54, 1.807) is 6.07 Å². The van der Waals surface area contributed by atoms with Crippen LogP contribution in [0.15, 0.2) is 23.1 Å². The molecule has 0 atom stereocenters. The van der Waals surface area contributed by atoms with E-state index in [2.05, 4.69) is 0 Å². The smallest absolute Gasteiger partial charge is 0.258 e. The Morgan fingerprint density at radius 2 is 2.18 bits per heavy atom. The quantitative estimate of drug-likeness (QED) is 0.501. The summed E-state index contributed by atoms with van der Waals surface area (Å²) in [5.41, 5.74) is -0.636. The summed E-state index contributed by atoms with van der Waals surface area (Å²) in [6.45, 7) is -0.470. The van der Waals surface area contributed by atoms with Crippen LogP contribution in [-0.2, 0) is 10.0 Å². The molecule has 7 nitrogen and oxygen atoms in total. The lowest BCUT2D eigenvalue weighted by Gasteiger charge is -2.04. The van der Waals surface area contributed by atoms with E-state index in [0.717, 1.165) is 12.1 Å². The number of nitro groups is 1. The molecular formula is C8H6ClN3O4S. The number of hydrogen-bond acceptors (Lipinski definition) is 5. The lowest BCUT2D eigenvalue weighted by atomic mass is 10.3. The fourth-order valence-corrected chi connectivity index (χ4v) is 2.30. The highest BCUT2D eigenvalue weighted by molar-refractivity contribution is 7.89. The third-order valence-corrected chi connectivity index (χ3v) is 3.43. The first-order valence-corrected chi connectivity index (χ1v) is 6.05. The fourth-order valence-electron chi connectivity index (χ4n) is 1.07. The second kappa shape index (κ2) is 5.09. The summed E-state index contributed by atoms with van der Waals surface area (Å²) >= 11 is 5.54. The van der Waals surface area contributed by atoms with Crippen molar-refractivity contribution < 1.29 is 13.3 Å². The lowest BCUT2D eigenvalue weighted by molar-refractivity contribution is -0.387. The van der Waals surface area contributed by atoms with Crippen LogP contribution in [0.5, 0.6) is 0 Å². The van der Waals surface area contributed by atoms with Gasteiger partial charge in [-0.2, -0.15) is 9.98 Å². The zero-order valence-corrected chi connectivity index (χ0v) is 9.83. The van der Waals surface area contributed by atoms with Gasteiger partial charge in [0.05, 0.1) is 17.5 Å². The van der Waals surface area contributed by atoms with Crippen molar-refractivity contribution in [2.45, 2.75) is 4.90 Å². The molecule has 0 aliphatic heterocycles. The highest BCUT2D eigenvalue weighted by atomic mass is 35.5. The fraction of sp³-hybridized carbons (Fsp3) is 0.125. The molecule has 0 saturated carbocycles. The molecule has 1 aromatic rings. The van der Waals surface area contributed by atoms with Gasteiger partial charge in [0.15, 0.2) is 4.90 Å². The number of nitrogens with one attached hydrogen (secondary N) is 1. The zero-order valence-electron chi connectivity index (χ0n) is 8.25. The van der Waals surface area contributed by atoms with Crippen LogP contribution in [0.25, 0.3) is 0 Å². The van der Waals surface area contributed by atoms with Crippen molar-refractivity contribution in [3.63, 3.8) is 0 Å². The summed E-state index contributed by atoms with van der Waals surface area (Å²) in [6, 6.07) is 4.73. The van der Waals surface area contributed by atoms with E-state index in [1.165, 1.54) is 6.07 Å². The van der Waals surface area contributed by atoms with Gasteiger partial charge < -0.3 is 0 Å². The van der Waals surface area contributed by atoms with E-state index >= 15 is 0 Å². The van der Waals surface area contributed by atoms with Crippen molar-refractivity contribution in [2.75, 3.05) is 6.54 Å². The third kappa shape index (κ3) is 3.13. The first-order valence-electron chi connectivity index (χ1n) is 4.19. The number of benzene rings is 1. The zero-order chi connectivity index (χ0) is 13.1. The van der Waals surface area contributed by atoms with E-state index in [9.17, 15) is 18.5 Å². The van der Waals surface area contributed by atoms with Crippen LogP contribution in [0, 0.1) is 21.4 Å². The van der Waals surface area contributed by atoms with Crippen molar-refractivity contribution in [3.8, 4) is 6.07 Å². The summed E-state index contributed by atoms with van der Waals surface area (Å²) in [6.07, 6.45) is 0. The molecule has 1 rings (SSSR count). The minimum Gasteiger partial charge on any atom is -0.258 e. The van der Waals surface area contributed by atoms with Gasteiger partial charge in [0.2, 0.25) is 10.0 Å². The first kappa shape index (κ1) is 13.4. The molecule has 0 amide bonds. The van der Waals surface area contributed by atoms with Crippen LogP contribution in [0.1, 0.15) is 0 Å².